The van der Waals surface area contributed by atoms with E-state index in [4.69, 9.17) is 32.7 Å². The normalized spacial score (nSPS) is 10.5. The molecule has 0 bridgehead atoms. The minimum absolute atomic E-state index is 0.237. The number of ether oxygens (including phenoxy) is 2. The molecule has 6 nitrogen and oxygen atoms in total. The van der Waals surface area contributed by atoms with Crippen molar-refractivity contribution in [1.29, 1.82) is 0 Å². The van der Waals surface area contributed by atoms with Crippen LogP contribution in [0, 0.1) is 0 Å². The number of rotatable bonds is 7. The van der Waals surface area contributed by atoms with Crippen molar-refractivity contribution in [2.24, 2.45) is 0 Å². The summed E-state index contributed by atoms with van der Waals surface area (Å²) in [5.41, 5.74) is 1.17. The lowest BCUT2D eigenvalue weighted by atomic mass is 9.97. The summed E-state index contributed by atoms with van der Waals surface area (Å²) in [5, 5.41) is 5.91. The standard InChI is InChI=1S/C23H20Cl2N2O4/c1-30-17-12-6-10-15(20(17)24)26-22(28)19(14-8-4-3-5-9-14)23(29)27-16-11-7-13-18(31-2)21(16)25/h3-13,19H,1-2H3,(H,26,28)(H,27,29). The Labute approximate surface area is 190 Å². The molecule has 0 aliphatic heterocycles. The van der Waals surface area contributed by atoms with Gasteiger partial charge in [-0.1, -0.05) is 65.7 Å². The van der Waals surface area contributed by atoms with E-state index < -0.39 is 17.7 Å². The van der Waals surface area contributed by atoms with Crippen molar-refractivity contribution in [2.45, 2.75) is 5.92 Å². The average Bonchev–Trinajstić information content (AvgIpc) is 2.77. The highest BCUT2D eigenvalue weighted by Crippen LogP contribution is 2.34. The number of hydrogen-bond donors (Lipinski definition) is 2. The number of carbonyl (C=O) groups excluding carboxylic acids is 2. The van der Waals surface area contributed by atoms with E-state index in [1.807, 2.05) is 0 Å². The highest BCUT2D eigenvalue weighted by Gasteiger charge is 2.30. The maximum absolute atomic E-state index is 13.2. The Balaban J connectivity index is 1.92. The number of halogens is 2. The van der Waals surface area contributed by atoms with Gasteiger partial charge in [-0.05, 0) is 29.8 Å². The molecule has 3 aromatic carbocycles. The molecule has 3 rings (SSSR count). The third-order valence-electron chi connectivity index (χ3n) is 4.54. The van der Waals surface area contributed by atoms with Gasteiger partial charge >= 0.3 is 0 Å². The first-order chi connectivity index (χ1) is 15.0. The number of anilines is 2. The number of carbonyl (C=O) groups is 2. The fourth-order valence-electron chi connectivity index (χ4n) is 3.01. The lowest BCUT2D eigenvalue weighted by Crippen LogP contribution is -2.32. The van der Waals surface area contributed by atoms with E-state index in [0.717, 1.165) is 0 Å². The summed E-state index contributed by atoms with van der Waals surface area (Å²) in [5.74, 6) is -1.46. The van der Waals surface area contributed by atoms with Crippen molar-refractivity contribution in [3.8, 4) is 11.5 Å². The van der Waals surface area contributed by atoms with Crippen molar-refractivity contribution in [2.75, 3.05) is 24.9 Å². The highest BCUT2D eigenvalue weighted by molar-refractivity contribution is 6.36. The minimum Gasteiger partial charge on any atom is -0.495 e. The molecule has 8 heteroatoms. The van der Waals surface area contributed by atoms with Crippen molar-refractivity contribution in [3.63, 3.8) is 0 Å². The molecule has 0 unspecified atom stereocenters. The second-order valence-corrected chi connectivity index (χ2v) is 7.22. The van der Waals surface area contributed by atoms with Crippen molar-refractivity contribution in [1.82, 2.24) is 0 Å². The van der Waals surface area contributed by atoms with Gasteiger partial charge in [-0.2, -0.15) is 0 Å². The van der Waals surface area contributed by atoms with Gasteiger partial charge in [-0.15, -0.1) is 0 Å². The topological polar surface area (TPSA) is 76.7 Å². The van der Waals surface area contributed by atoms with E-state index in [9.17, 15) is 9.59 Å². The zero-order valence-electron chi connectivity index (χ0n) is 16.8. The van der Waals surface area contributed by atoms with E-state index >= 15 is 0 Å². The van der Waals surface area contributed by atoms with Gasteiger partial charge in [0.15, 0.2) is 0 Å². The number of amides is 2. The molecule has 0 aromatic heterocycles. The summed E-state index contributed by atoms with van der Waals surface area (Å²) in [6, 6.07) is 18.7. The summed E-state index contributed by atoms with van der Waals surface area (Å²) < 4.78 is 10.4. The van der Waals surface area contributed by atoms with Crippen LogP contribution in [-0.4, -0.2) is 26.0 Å². The van der Waals surface area contributed by atoms with E-state index in [1.165, 1.54) is 14.2 Å². The first kappa shape index (κ1) is 22.5. The minimum atomic E-state index is -1.16. The van der Waals surface area contributed by atoms with E-state index in [0.29, 0.717) is 28.4 Å². The Morgan fingerprint density at radius 2 is 1.16 bits per heavy atom. The molecule has 3 aromatic rings. The molecule has 0 radical (unpaired) electrons. The molecule has 31 heavy (non-hydrogen) atoms. The van der Waals surface area contributed by atoms with Gasteiger partial charge in [0.25, 0.3) is 0 Å². The largest absolute Gasteiger partial charge is 0.495 e. The predicted molar refractivity (Wildman–Crippen MR) is 122 cm³/mol. The Kier molecular flexibility index (Phi) is 7.39. The number of methoxy groups -OCH3 is 2. The van der Waals surface area contributed by atoms with E-state index in [2.05, 4.69) is 10.6 Å². The number of benzene rings is 3. The Morgan fingerprint density at radius 3 is 1.58 bits per heavy atom. The maximum Gasteiger partial charge on any atom is 0.241 e. The van der Waals surface area contributed by atoms with Crippen molar-refractivity contribution >= 4 is 46.4 Å². The molecular weight excluding hydrogens is 439 g/mol. The monoisotopic (exact) mass is 458 g/mol. The molecule has 0 saturated carbocycles. The predicted octanol–water partition coefficient (Wildman–Crippen LogP) is 5.37. The van der Waals surface area contributed by atoms with Crippen LogP contribution in [0.3, 0.4) is 0 Å². The molecule has 0 aliphatic carbocycles. The van der Waals surface area contributed by atoms with Gasteiger partial charge in [-0.3, -0.25) is 9.59 Å². The Morgan fingerprint density at radius 1 is 0.710 bits per heavy atom. The van der Waals surface area contributed by atoms with Gasteiger partial charge in [0.1, 0.15) is 27.5 Å². The molecule has 0 aliphatic rings. The van der Waals surface area contributed by atoms with Crippen LogP contribution in [0.4, 0.5) is 11.4 Å². The average molecular weight is 459 g/mol. The van der Waals surface area contributed by atoms with Gasteiger partial charge in [0, 0.05) is 0 Å². The number of hydrogen-bond acceptors (Lipinski definition) is 4. The second kappa shape index (κ2) is 10.2. The highest BCUT2D eigenvalue weighted by atomic mass is 35.5. The van der Waals surface area contributed by atoms with Gasteiger partial charge in [0.05, 0.1) is 25.6 Å². The van der Waals surface area contributed by atoms with Gasteiger partial charge in [0.2, 0.25) is 11.8 Å². The fourth-order valence-corrected chi connectivity index (χ4v) is 3.51. The molecule has 0 fully saturated rings. The summed E-state index contributed by atoms with van der Waals surface area (Å²) in [7, 11) is 2.95. The van der Waals surface area contributed by atoms with Crippen LogP contribution in [0.1, 0.15) is 11.5 Å². The Hall–Kier alpha value is -3.22. The third-order valence-corrected chi connectivity index (χ3v) is 5.32. The van der Waals surface area contributed by atoms with Crippen LogP contribution in [-0.2, 0) is 9.59 Å². The molecule has 0 spiro atoms. The van der Waals surface area contributed by atoms with E-state index in [1.54, 1.807) is 66.7 Å². The Bertz CT molecular complexity index is 1020. The van der Waals surface area contributed by atoms with Crippen molar-refractivity contribution in [3.05, 3.63) is 82.3 Å². The first-order valence-electron chi connectivity index (χ1n) is 9.28. The summed E-state index contributed by atoms with van der Waals surface area (Å²) >= 11 is 12.6. The van der Waals surface area contributed by atoms with Crippen LogP contribution in [0.15, 0.2) is 66.7 Å². The zero-order chi connectivity index (χ0) is 22.4. The van der Waals surface area contributed by atoms with Crippen LogP contribution in [0.5, 0.6) is 11.5 Å². The quantitative estimate of drug-likeness (QED) is 0.466. The molecule has 2 amide bonds. The van der Waals surface area contributed by atoms with Crippen LogP contribution in [0.2, 0.25) is 10.0 Å². The van der Waals surface area contributed by atoms with Gasteiger partial charge < -0.3 is 20.1 Å². The SMILES string of the molecule is COc1cccc(NC(=O)C(C(=O)Nc2cccc(OC)c2Cl)c2ccccc2)c1Cl. The molecule has 2 N–H and O–H groups in total. The molecular formula is C23H20Cl2N2O4. The smallest absolute Gasteiger partial charge is 0.241 e. The second-order valence-electron chi connectivity index (χ2n) is 6.47. The zero-order valence-corrected chi connectivity index (χ0v) is 18.3. The van der Waals surface area contributed by atoms with Crippen LogP contribution in [0.25, 0.3) is 0 Å². The fraction of sp³-hybridized carbons (Fsp3) is 0.130. The molecule has 0 saturated heterocycles. The summed E-state index contributed by atoms with van der Waals surface area (Å²) in [6.07, 6.45) is 0. The van der Waals surface area contributed by atoms with Gasteiger partial charge in [-0.25, -0.2) is 0 Å². The summed E-state index contributed by atoms with van der Waals surface area (Å²) in [4.78, 5) is 26.4. The van der Waals surface area contributed by atoms with Crippen LogP contribution >= 0.6 is 23.2 Å². The maximum atomic E-state index is 13.2. The first-order valence-corrected chi connectivity index (χ1v) is 10.0. The lowest BCUT2D eigenvalue weighted by molar-refractivity contribution is -0.125. The lowest BCUT2D eigenvalue weighted by Gasteiger charge is -2.19. The molecule has 160 valence electrons. The van der Waals surface area contributed by atoms with Crippen molar-refractivity contribution < 1.29 is 19.1 Å². The summed E-state index contributed by atoms with van der Waals surface area (Å²) in [6.45, 7) is 0. The number of nitrogens with one attached hydrogen (secondary N) is 2. The van der Waals surface area contributed by atoms with Crippen LogP contribution < -0.4 is 20.1 Å². The molecule has 0 atom stereocenters. The molecule has 0 heterocycles. The third kappa shape index (κ3) is 5.10. The van der Waals surface area contributed by atoms with E-state index in [-0.39, 0.29) is 10.0 Å².